The molecule has 3 nitrogen and oxygen atoms in total. The van der Waals surface area contributed by atoms with E-state index < -0.39 is 9.75 Å². The molecule has 1 N–H and O–H groups in total. The van der Waals surface area contributed by atoms with Crippen LogP contribution in [0.15, 0.2) is 30.3 Å². The Labute approximate surface area is 147 Å². The fourth-order valence-electron chi connectivity index (χ4n) is 2.22. The van der Waals surface area contributed by atoms with Crippen molar-refractivity contribution in [2.45, 2.75) is 44.1 Å². The Bertz CT molecular complexity index is 577. The zero-order chi connectivity index (χ0) is 16.5. The van der Waals surface area contributed by atoms with Gasteiger partial charge < -0.3 is 10.2 Å². The van der Waals surface area contributed by atoms with E-state index in [9.17, 15) is 4.79 Å². The van der Waals surface area contributed by atoms with E-state index in [1.54, 1.807) is 6.92 Å². The normalized spacial score (nSPS) is 22.3. The summed E-state index contributed by atoms with van der Waals surface area (Å²) in [5, 5.41) is 3.19. The zero-order valence-electron chi connectivity index (χ0n) is 12.9. The van der Waals surface area contributed by atoms with Crippen LogP contribution in [0.3, 0.4) is 0 Å². The summed E-state index contributed by atoms with van der Waals surface area (Å²) in [6.07, 6.45) is 0.442. The maximum Gasteiger partial charge on any atom is 0.235 e. The third-order valence-electron chi connectivity index (χ3n) is 4.06. The first-order valence-corrected chi connectivity index (χ1v) is 8.37. The predicted octanol–water partition coefficient (Wildman–Crippen LogP) is 3.88. The van der Waals surface area contributed by atoms with Gasteiger partial charge in [-0.3, -0.25) is 4.79 Å². The van der Waals surface area contributed by atoms with E-state index in [1.165, 1.54) is 0 Å². The number of amides is 1. The van der Waals surface area contributed by atoms with Crippen molar-refractivity contribution in [1.82, 2.24) is 10.2 Å². The lowest BCUT2D eigenvalue weighted by atomic mass is 10.1. The van der Waals surface area contributed by atoms with Gasteiger partial charge in [-0.15, -0.1) is 23.2 Å². The first-order valence-electron chi connectivity index (χ1n) is 7.21. The van der Waals surface area contributed by atoms with Gasteiger partial charge in [-0.1, -0.05) is 30.3 Å². The van der Waals surface area contributed by atoms with Crippen molar-refractivity contribution in [2.24, 2.45) is 5.41 Å². The number of carbonyl (C=O) groups excluding carboxylic acids is 1. The fraction of sp³-hybridized carbons (Fsp3) is 0.500. The van der Waals surface area contributed by atoms with Crippen molar-refractivity contribution in [1.29, 1.82) is 0 Å². The maximum atomic E-state index is 12.3. The van der Waals surface area contributed by atoms with E-state index in [1.807, 2.05) is 49.1 Å². The second kappa shape index (κ2) is 6.34. The molecule has 1 amide bonds. The third-order valence-corrected chi connectivity index (χ3v) is 5.50. The first kappa shape index (κ1) is 17.5. The third kappa shape index (κ3) is 3.55. The minimum Gasteiger partial charge on any atom is -0.342 e. The summed E-state index contributed by atoms with van der Waals surface area (Å²) in [7, 11) is 0. The van der Waals surface area contributed by atoms with Gasteiger partial charge in [0.25, 0.3) is 0 Å². The molecule has 1 fully saturated rings. The number of benzene rings is 1. The molecule has 0 heterocycles. The Hall–Kier alpha value is -0.840. The van der Waals surface area contributed by atoms with Crippen molar-refractivity contribution < 1.29 is 4.79 Å². The number of hydrogen-bond donors (Lipinski definition) is 1. The van der Waals surface area contributed by atoms with E-state index in [4.69, 9.17) is 35.4 Å². The summed E-state index contributed by atoms with van der Waals surface area (Å²) in [4.78, 5) is 14.3. The Morgan fingerprint density at radius 3 is 2.36 bits per heavy atom. The summed E-state index contributed by atoms with van der Waals surface area (Å²) >= 11 is 17.5. The zero-order valence-corrected chi connectivity index (χ0v) is 15.2. The summed E-state index contributed by atoms with van der Waals surface area (Å²) in [6.45, 7) is 6.46. The molecule has 1 aromatic rings. The largest absolute Gasteiger partial charge is 0.342 e. The van der Waals surface area contributed by atoms with E-state index >= 15 is 0 Å². The Kier molecular flexibility index (Phi) is 5.05. The van der Waals surface area contributed by atoms with Crippen LogP contribution in [-0.4, -0.2) is 26.3 Å². The Morgan fingerprint density at radius 2 is 1.91 bits per heavy atom. The van der Waals surface area contributed by atoms with Gasteiger partial charge in [0, 0.05) is 12.6 Å². The predicted molar refractivity (Wildman–Crippen MR) is 95.0 cm³/mol. The number of alkyl halides is 2. The Morgan fingerprint density at radius 1 is 1.36 bits per heavy atom. The van der Waals surface area contributed by atoms with Crippen LogP contribution >= 0.6 is 35.4 Å². The van der Waals surface area contributed by atoms with Crippen molar-refractivity contribution in [3.63, 3.8) is 0 Å². The molecule has 0 bridgehead atoms. The van der Waals surface area contributed by atoms with Gasteiger partial charge in [-0.05, 0) is 45.0 Å². The molecule has 1 aliphatic rings. The maximum absolute atomic E-state index is 12.3. The van der Waals surface area contributed by atoms with Crippen molar-refractivity contribution in [3.8, 4) is 0 Å². The van der Waals surface area contributed by atoms with Crippen LogP contribution in [0.25, 0.3) is 0 Å². The van der Waals surface area contributed by atoms with E-state index in [2.05, 4.69) is 5.32 Å². The lowest BCUT2D eigenvalue weighted by molar-refractivity contribution is -0.124. The molecule has 0 radical (unpaired) electrons. The van der Waals surface area contributed by atoms with Gasteiger partial charge in [-0.2, -0.15) is 0 Å². The van der Waals surface area contributed by atoms with E-state index in [0.29, 0.717) is 18.1 Å². The van der Waals surface area contributed by atoms with Crippen LogP contribution in [-0.2, 0) is 11.3 Å². The molecule has 6 heteroatoms. The lowest BCUT2D eigenvalue weighted by Gasteiger charge is -2.30. The number of hydrogen-bond acceptors (Lipinski definition) is 2. The number of halogens is 2. The highest BCUT2D eigenvalue weighted by Gasteiger charge is 2.68. The summed E-state index contributed by atoms with van der Waals surface area (Å²) in [5.41, 5.74) is 0.365. The molecule has 22 heavy (non-hydrogen) atoms. The number of nitrogens with zero attached hydrogens (tertiary/aromatic N) is 1. The number of thiocarbonyl (C=S) groups is 1. The number of nitrogens with one attached hydrogen (secondary N) is 1. The highest BCUT2D eigenvalue weighted by Crippen LogP contribution is 2.63. The quantitative estimate of drug-likeness (QED) is 0.654. The molecular weight excluding hydrogens is 339 g/mol. The van der Waals surface area contributed by atoms with Crippen molar-refractivity contribution in [3.05, 3.63) is 35.9 Å². The van der Waals surface area contributed by atoms with Crippen LogP contribution < -0.4 is 5.32 Å². The summed E-state index contributed by atoms with van der Waals surface area (Å²) < 4.78 is -0.991. The highest BCUT2D eigenvalue weighted by atomic mass is 35.5. The second-order valence-corrected chi connectivity index (χ2v) is 8.05. The standard InChI is InChI=1S/C16H20Cl2N2OS/c1-11(2)20(9-12-7-5-4-6-8-12)14(22)19-13(21)15(3)10-16(15,17)18/h4-8,11H,9-10H2,1-3H3,(H,19,21,22)/t15-/m1/s1. The summed E-state index contributed by atoms with van der Waals surface area (Å²) in [5.74, 6) is -0.221. The highest BCUT2D eigenvalue weighted by molar-refractivity contribution is 7.80. The molecule has 120 valence electrons. The SMILES string of the molecule is CC(C)N(Cc1ccccc1)C(=S)NC(=O)[C@@]1(C)CC1(Cl)Cl. The first-order chi connectivity index (χ1) is 10.2. The minimum atomic E-state index is -0.991. The fourth-order valence-corrected chi connectivity index (χ4v) is 3.30. The van der Waals surface area contributed by atoms with Gasteiger partial charge >= 0.3 is 0 Å². The average Bonchev–Trinajstić information content (AvgIpc) is 2.97. The molecule has 2 rings (SSSR count). The molecule has 0 aliphatic heterocycles. The molecular formula is C16H20Cl2N2OS. The van der Waals surface area contributed by atoms with Gasteiger partial charge in [0.2, 0.25) is 5.91 Å². The van der Waals surface area contributed by atoms with Crippen molar-refractivity contribution >= 4 is 46.4 Å². The number of carbonyl (C=O) groups is 1. The van der Waals surface area contributed by atoms with Gasteiger partial charge in [0.1, 0.15) is 4.33 Å². The minimum absolute atomic E-state index is 0.164. The molecule has 1 aromatic carbocycles. The van der Waals surface area contributed by atoms with Crippen molar-refractivity contribution in [2.75, 3.05) is 0 Å². The van der Waals surface area contributed by atoms with Crippen LogP contribution in [0.1, 0.15) is 32.8 Å². The van der Waals surface area contributed by atoms with Gasteiger partial charge in [-0.25, -0.2) is 0 Å². The average molecular weight is 359 g/mol. The van der Waals surface area contributed by atoms with Gasteiger partial charge in [0.15, 0.2) is 5.11 Å². The number of rotatable bonds is 4. The molecule has 0 saturated heterocycles. The molecule has 1 atom stereocenters. The molecule has 1 aliphatic carbocycles. The van der Waals surface area contributed by atoms with Gasteiger partial charge in [0.05, 0.1) is 5.41 Å². The smallest absolute Gasteiger partial charge is 0.235 e. The molecule has 0 aromatic heterocycles. The monoisotopic (exact) mass is 358 g/mol. The van der Waals surface area contributed by atoms with Crippen LogP contribution in [0.5, 0.6) is 0 Å². The van der Waals surface area contributed by atoms with Crippen LogP contribution in [0, 0.1) is 5.41 Å². The topological polar surface area (TPSA) is 32.3 Å². The second-order valence-electron chi connectivity index (χ2n) is 6.18. The van der Waals surface area contributed by atoms with Crippen LogP contribution in [0.4, 0.5) is 0 Å². The van der Waals surface area contributed by atoms with E-state index in [0.717, 1.165) is 5.56 Å². The lowest BCUT2D eigenvalue weighted by Crippen LogP contribution is -2.48. The Balaban J connectivity index is 2.03. The van der Waals surface area contributed by atoms with E-state index in [-0.39, 0.29) is 11.9 Å². The van der Waals surface area contributed by atoms with Crippen LogP contribution in [0.2, 0.25) is 0 Å². The molecule has 0 unspecified atom stereocenters. The molecule has 0 spiro atoms. The molecule has 1 saturated carbocycles. The summed E-state index contributed by atoms with van der Waals surface area (Å²) in [6, 6.07) is 10.2.